The third-order valence-electron chi connectivity index (χ3n) is 3.24. The highest BCUT2D eigenvalue weighted by Gasteiger charge is 2.19. The van der Waals surface area contributed by atoms with Crippen LogP contribution in [0.4, 0.5) is 5.69 Å². The van der Waals surface area contributed by atoms with E-state index in [1.54, 1.807) is 24.3 Å². The van der Waals surface area contributed by atoms with Crippen molar-refractivity contribution in [3.05, 3.63) is 58.1 Å². The molecule has 0 aliphatic carbocycles. The van der Waals surface area contributed by atoms with Gasteiger partial charge in [-0.15, -0.1) is 0 Å². The summed E-state index contributed by atoms with van der Waals surface area (Å²) in [5.74, 6) is -0.398. The molecular formula is C18H17Cl2NO4. The molecule has 0 fully saturated rings. The van der Waals surface area contributed by atoms with Crippen molar-refractivity contribution in [3.63, 3.8) is 0 Å². The second-order valence-corrected chi connectivity index (χ2v) is 5.94. The Hall–Kier alpha value is -2.24. The van der Waals surface area contributed by atoms with Crippen LogP contribution >= 0.6 is 23.2 Å². The van der Waals surface area contributed by atoms with Crippen molar-refractivity contribution >= 4 is 40.8 Å². The number of amides is 1. The Labute approximate surface area is 155 Å². The maximum absolute atomic E-state index is 12.1. The number of carbonyl (C=O) groups is 2. The molecule has 1 amide bonds. The zero-order chi connectivity index (χ0) is 18.4. The van der Waals surface area contributed by atoms with Crippen LogP contribution in [-0.2, 0) is 9.53 Å². The van der Waals surface area contributed by atoms with Crippen molar-refractivity contribution in [1.29, 1.82) is 0 Å². The van der Waals surface area contributed by atoms with Gasteiger partial charge in [0, 0.05) is 5.69 Å². The van der Waals surface area contributed by atoms with Crippen LogP contribution in [0.1, 0.15) is 24.2 Å². The Morgan fingerprint density at radius 1 is 1.08 bits per heavy atom. The molecule has 1 unspecified atom stereocenters. The van der Waals surface area contributed by atoms with Gasteiger partial charge in [-0.25, -0.2) is 4.79 Å². The topological polar surface area (TPSA) is 64.6 Å². The first-order chi connectivity index (χ1) is 11.9. The monoisotopic (exact) mass is 381 g/mol. The maximum atomic E-state index is 12.1. The van der Waals surface area contributed by atoms with Gasteiger partial charge in [0.15, 0.2) is 6.10 Å². The summed E-state index contributed by atoms with van der Waals surface area (Å²) in [6.45, 7) is 3.94. The molecule has 0 aliphatic rings. The summed E-state index contributed by atoms with van der Waals surface area (Å²) >= 11 is 11.7. The largest absolute Gasteiger partial charge is 0.494 e. The van der Waals surface area contributed by atoms with E-state index in [-0.39, 0.29) is 10.6 Å². The number of ether oxygens (including phenoxy) is 2. The molecule has 1 N–H and O–H groups in total. The first kappa shape index (κ1) is 19.1. The maximum Gasteiger partial charge on any atom is 0.338 e. The van der Waals surface area contributed by atoms with Crippen LogP contribution in [0.25, 0.3) is 0 Å². The molecule has 0 bridgehead atoms. The van der Waals surface area contributed by atoms with E-state index in [2.05, 4.69) is 5.32 Å². The van der Waals surface area contributed by atoms with Gasteiger partial charge in [-0.3, -0.25) is 4.79 Å². The molecule has 2 aromatic rings. The van der Waals surface area contributed by atoms with Gasteiger partial charge in [0.25, 0.3) is 5.91 Å². The molecule has 5 nitrogen and oxygen atoms in total. The van der Waals surface area contributed by atoms with E-state index in [4.69, 9.17) is 32.7 Å². The lowest BCUT2D eigenvalue weighted by Crippen LogP contribution is -2.30. The van der Waals surface area contributed by atoms with Gasteiger partial charge in [0.2, 0.25) is 0 Å². The third kappa shape index (κ3) is 5.37. The van der Waals surface area contributed by atoms with Crippen LogP contribution in [0.2, 0.25) is 10.0 Å². The number of nitrogens with one attached hydrogen (secondary N) is 1. The van der Waals surface area contributed by atoms with Crippen molar-refractivity contribution in [3.8, 4) is 5.75 Å². The Morgan fingerprint density at radius 3 is 2.36 bits per heavy atom. The van der Waals surface area contributed by atoms with Crippen molar-refractivity contribution in [2.75, 3.05) is 11.9 Å². The van der Waals surface area contributed by atoms with Crippen molar-refractivity contribution in [1.82, 2.24) is 0 Å². The Balaban J connectivity index is 1.94. The van der Waals surface area contributed by atoms with Crippen LogP contribution < -0.4 is 10.1 Å². The number of benzene rings is 2. The fraction of sp³-hybridized carbons (Fsp3) is 0.222. The number of esters is 1. The van der Waals surface area contributed by atoms with Gasteiger partial charge in [0.05, 0.1) is 22.2 Å². The summed E-state index contributed by atoms with van der Waals surface area (Å²) in [6.07, 6.45) is -0.978. The Bertz CT molecular complexity index is 762. The van der Waals surface area contributed by atoms with Gasteiger partial charge >= 0.3 is 5.97 Å². The second-order valence-electron chi connectivity index (χ2n) is 5.12. The number of hydrogen-bond donors (Lipinski definition) is 1. The summed E-state index contributed by atoms with van der Waals surface area (Å²) < 4.78 is 10.5. The van der Waals surface area contributed by atoms with Gasteiger partial charge in [-0.1, -0.05) is 23.2 Å². The van der Waals surface area contributed by atoms with Crippen molar-refractivity contribution in [2.24, 2.45) is 0 Å². The second kappa shape index (κ2) is 8.74. The number of halogens is 2. The van der Waals surface area contributed by atoms with Crippen LogP contribution in [-0.4, -0.2) is 24.6 Å². The fourth-order valence-electron chi connectivity index (χ4n) is 1.95. The molecule has 0 aromatic heterocycles. The quantitative estimate of drug-likeness (QED) is 0.743. The average molecular weight is 382 g/mol. The fourth-order valence-corrected chi connectivity index (χ4v) is 2.25. The number of carbonyl (C=O) groups excluding carboxylic acids is 2. The highest BCUT2D eigenvalue weighted by molar-refractivity contribution is 6.42. The molecule has 0 aliphatic heterocycles. The van der Waals surface area contributed by atoms with E-state index in [9.17, 15) is 9.59 Å². The van der Waals surface area contributed by atoms with Crippen molar-refractivity contribution < 1.29 is 19.1 Å². The van der Waals surface area contributed by atoms with Gasteiger partial charge in [0.1, 0.15) is 5.75 Å². The first-order valence-corrected chi connectivity index (χ1v) is 8.36. The van der Waals surface area contributed by atoms with E-state index in [1.807, 2.05) is 6.92 Å². The molecule has 25 heavy (non-hydrogen) atoms. The van der Waals surface area contributed by atoms with Gasteiger partial charge in [-0.2, -0.15) is 0 Å². The molecule has 7 heteroatoms. The van der Waals surface area contributed by atoms with Crippen molar-refractivity contribution in [2.45, 2.75) is 20.0 Å². The molecule has 0 saturated heterocycles. The smallest absolute Gasteiger partial charge is 0.338 e. The number of rotatable bonds is 6. The first-order valence-electron chi connectivity index (χ1n) is 7.60. The summed E-state index contributed by atoms with van der Waals surface area (Å²) in [6, 6.07) is 11.3. The minimum absolute atomic E-state index is 0.218. The van der Waals surface area contributed by atoms with Crippen LogP contribution in [0.5, 0.6) is 5.75 Å². The van der Waals surface area contributed by atoms with E-state index in [0.29, 0.717) is 23.1 Å². The Kier molecular flexibility index (Phi) is 6.67. The molecule has 0 saturated carbocycles. The molecule has 0 heterocycles. The highest BCUT2D eigenvalue weighted by Crippen LogP contribution is 2.23. The lowest BCUT2D eigenvalue weighted by Gasteiger charge is -2.14. The summed E-state index contributed by atoms with van der Waals surface area (Å²) in [4.78, 5) is 24.2. The van der Waals surface area contributed by atoms with Gasteiger partial charge in [-0.05, 0) is 56.3 Å². The molecule has 0 spiro atoms. The molecule has 0 radical (unpaired) electrons. The van der Waals surface area contributed by atoms with Crippen LogP contribution in [0, 0.1) is 0 Å². The Morgan fingerprint density at radius 2 is 1.76 bits per heavy atom. The molecule has 2 aromatic carbocycles. The zero-order valence-electron chi connectivity index (χ0n) is 13.7. The minimum atomic E-state index is -0.978. The third-order valence-corrected chi connectivity index (χ3v) is 3.98. The lowest BCUT2D eigenvalue weighted by atomic mass is 10.2. The zero-order valence-corrected chi connectivity index (χ0v) is 15.2. The SMILES string of the molecule is CCOc1ccc(NC(=O)C(C)OC(=O)c2ccc(Cl)c(Cl)c2)cc1. The summed E-state index contributed by atoms with van der Waals surface area (Å²) in [5, 5.41) is 3.24. The minimum Gasteiger partial charge on any atom is -0.494 e. The van der Waals surface area contributed by atoms with E-state index < -0.39 is 18.0 Å². The van der Waals surface area contributed by atoms with E-state index in [1.165, 1.54) is 25.1 Å². The van der Waals surface area contributed by atoms with E-state index in [0.717, 1.165) is 0 Å². The normalized spacial score (nSPS) is 11.5. The average Bonchev–Trinajstić information content (AvgIpc) is 2.59. The van der Waals surface area contributed by atoms with Gasteiger partial charge < -0.3 is 14.8 Å². The molecular weight excluding hydrogens is 365 g/mol. The van der Waals surface area contributed by atoms with Crippen LogP contribution in [0.15, 0.2) is 42.5 Å². The summed E-state index contributed by atoms with van der Waals surface area (Å²) in [7, 11) is 0. The molecule has 2 rings (SSSR count). The standard InChI is InChI=1S/C18H17Cl2NO4/c1-3-24-14-7-5-13(6-8-14)21-17(22)11(2)25-18(23)12-4-9-15(19)16(20)10-12/h4-11H,3H2,1-2H3,(H,21,22). The van der Waals surface area contributed by atoms with Crippen LogP contribution in [0.3, 0.4) is 0 Å². The predicted octanol–water partition coefficient (Wildman–Crippen LogP) is 4.58. The lowest BCUT2D eigenvalue weighted by molar-refractivity contribution is -0.123. The summed E-state index contributed by atoms with van der Waals surface area (Å²) in [5.41, 5.74) is 0.793. The van der Waals surface area contributed by atoms with E-state index >= 15 is 0 Å². The molecule has 132 valence electrons. The highest BCUT2D eigenvalue weighted by atomic mass is 35.5. The predicted molar refractivity (Wildman–Crippen MR) is 97.6 cm³/mol. The molecule has 1 atom stereocenters. The number of anilines is 1. The number of hydrogen-bond acceptors (Lipinski definition) is 4.